The fourth-order valence-electron chi connectivity index (χ4n) is 5.30. The molecule has 11 heteroatoms. The van der Waals surface area contributed by atoms with Crippen molar-refractivity contribution < 1.29 is 19.4 Å². The van der Waals surface area contributed by atoms with E-state index in [1.54, 1.807) is 29.9 Å². The van der Waals surface area contributed by atoms with E-state index in [2.05, 4.69) is 25.2 Å². The maximum absolute atomic E-state index is 13.0. The third-order valence-electron chi connectivity index (χ3n) is 7.55. The average Bonchev–Trinajstić information content (AvgIpc) is 3.38. The highest BCUT2D eigenvalue weighted by Crippen LogP contribution is 2.38. The number of rotatable bonds is 8. The summed E-state index contributed by atoms with van der Waals surface area (Å²) in [6.45, 7) is 7.89. The number of hydrogen-bond acceptors (Lipinski definition) is 10. The number of fused-ring (bicyclic) bond motifs is 3. The van der Waals surface area contributed by atoms with Crippen molar-refractivity contribution in [3.63, 3.8) is 0 Å². The molecule has 2 aliphatic heterocycles. The molecule has 0 spiro atoms. The molecule has 4 aromatic rings. The van der Waals surface area contributed by atoms with Crippen LogP contribution in [0, 0.1) is 13.8 Å². The highest BCUT2D eigenvalue weighted by atomic mass is 32.1. The monoisotopic (exact) mass is 586 g/mol. The molecular formula is C31H34N6O4S. The molecule has 2 N–H and O–H groups in total. The van der Waals surface area contributed by atoms with Crippen LogP contribution in [0.5, 0.6) is 11.5 Å². The van der Waals surface area contributed by atoms with E-state index in [-0.39, 0.29) is 18.6 Å². The normalized spacial score (nSPS) is 17.5. The molecule has 10 nitrogen and oxygen atoms in total. The first-order valence-corrected chi connectivity index (χ1v) is 14.9. The number of nitrogens with zero attached hydrogens (tertiary/aromatic N) is 5. The lowest BCUT2D eigenvalue weighted by Gasteiger charge is -2.31. The Morgan fingerprint density at radius 2 is 2.12 bits per heavy atom. The second kappa shape index (κ2) is 12.5. The molecule has 0 aliphatic carbocycles. The van der Waals surface area contributed by atoms with Crippen molar-refractivity contribution in [1.82, 2.24) is 24.8 Å². The van der Waals surface area contributed by atoms with Gasteiger partial charge in [-0.15, -0.1) is 11.3 Å². The molecule has 0 radical (unpaired) electrons. The molecule has 1 amide bonds. The number of anilines is 2. The second-order valence-electron chi connectivity index (χ2n) is 10.6. The van der Waals surface area contributed by atoms with Gasteiger partial charge < -0.3 is 24.8 Å². The Hall–Kier alpha value is -3.90. The Bertz CT molecular complexity index is 1610. The number of ether oxygens (including phenoxy) is 2. The van der Waals surface area contributed by atoms with Gasteiger partial charge in [-0.05, 0) is 61.7 Å². The van der Waals surface area contributed by atoms with Crippen molar-refractivity contribution in [3.05, 3.63) is 76.7 Å². The first kappa shape index (κ1) is 28.2. The second-order valence-corrected chi connectivity index (χ2v) is 11.7. The van der Waals surface area contributed by atoms with Crippen LogP contribution in [0.15, 0.2) is 55.0 Å². The van der Waals surface area contributed by atoms with Crippen molar-refractivity contribution in [1.29, 1.82) is 0 Å². The molecule has 1 saturated heterocycles. The summed E-state index contributed by atoms with van der Waals surface area (Å²) in [5.41, 5.74) is 4.05. The van der Waals surface area contributed by atoms with E-state index in [0.29, 0.717) is 38.5 Å². The summed E-state index contributed by atoms with van der Waals surface area (Å²) in [5, 5.41) is 13.9. The number of carbonyl (C=O) groups excluding carboxylic acids is 1. The number of aliphatic hydroxyl groups is 1. The number of nitrogens with one attached hydrogen (secondary N) is 1. The molecule has 5 heterocycles. The van der Waals surface area contributed by atoms with Crippen LogP contribution in [-0.4, -0.2) is 81.3 Å². The van der Waals surface area contributed by atoms with Crippen molar-refractivity contribution >= 4 is 39.0 Å². The third kappa shape index (κ3) is 6.29. The molecule has 2 aliphatic rings. The summed E-state index contributed by atoms with van der Waals surface area (Å²) in [6.07, 6.45) is 7.47. The van der Waals surface area contributed by atoms with Crippen LogP contribution in [-0.2, 0) is 22.5 Å². The standard InChI is InChI=1S/C31H34N6O4S/c1-20-14-22(6-8-26(20)41-23-7-5-21(2)32-15-23)35-30-29-25-9-11-37(17-27(25)42-31(29)34-19-33-30)28(39)4-3-10-36-12-13-40-24(16-36)18-38/h3-8,14-15,19,24,38H,9-13,16-18H2,1-2H3,(H,33,34,35)/b4-3+/t24-/m1/s1. The van der Waals surface area contributed by atoms with Crippen LogP contribution < -0.4 is 10.1 Å². The molecule has 0 saturated carbocycles. The quantitative estimate of drug-likeness (QED) is 0.291. The van der Waals surface area contributed by atoms with Gasteiger partial charge in [0.15, 0.2) is 0 Å². The lowest BCUT2D eigenvalue weighted by Crippen LogP contribution is -2.44. The predicted octanol–water partition coefficient (Wildman–Crippen LogP) is 4.37. The third-order valence-corrected chi connectivity index (χ3v) is 8.67. The molecule has 3 aromatic heterocycles. The molecule has 218 valence electrons. The van der Waals surface area contributed by atoms with E-state index in [1.165, 1.54) is 5.56 Å². The number of morpholine rings is 1. The van der Waals surface area contributed by atoms with Crippen LogP contribution in [0.25, 0.3) is 10.2 Å². The molecule has 1 aromatic carbocycles. The number of hydrogen-bond donors (Lipinski definition) is 2. The largest absolute Gasteiger partial charge is 0.455 e. The number of carbonyl (C=O) groups is 1. The van der Waals surface area contributed by atoms with E-state index in [0.717, 1.165) is 56.6 Å². The summed E-state index contributed by atoms with van der Waals surface area (Å²) in [7, 11) is 0. The molecule has 0 bridgehead atoms. The van der Waals surface area contributed by atoms with Crippen molar-refractivity contribution in [2.75, 3.05) is 44.7 Å². The number of aryl methyl sites for hydroxylation is 2. The van der Waals surface area contributed by atoms with Gasteiger partial charge in [0.05, 0.1) is 37.4 Å². The number of thiophene rings is 1. The zero-order valence-electron chi connectivity index (χ0n) is 23.7. The van der Waals surface area contributed by atoms with E-state index in [1.807, 2.05) is 55.2 Å². The van der Waals surface area contributed by atoms with Crippen molar-refractivity contribution in [2.24, 2.45) is 0 Å². The molecule has 1 fully saturated rings. The Labute approximate surface area is 248 Å². The number of pyridine rings is 1. The predicted molar refractivity (Wildman–Crippen MR) is 162 cm³/mol. The minimum atomic E-state index is -0.155. The molecule has 42 heavy (non-hydrogen) atoms. The summed E-state index contributed by atoms with van der Waals surface area (Å²) in [6, 6.07) is 9.80. The summed E-state index contributed by atoms with van der Waals surface area (Å²) < 4.78 is 11.5. The Kier molecular flexibility index (Phi) is 8.43. The summed E-state index contributed by atoms with van der Waals surface area (Å²) in [5.74, 6) is 2.24. The maximum atomic E-state index is 13.0. The number of benzene rings is 1. The van der Waals surface area contributed by atoms with E-state index >= 15 is 0 Å². The molecule has 0 unspecified atom stereocenters. The van der Waals surface area contributed by atoms with Gasteiger partial charge in [-0.3, -0.25) is 14.7 Å². The number of aromatic nitrogens is 3. The van der Waals surface area contributed by atoms with Gasteiger partial charge in [-0.2, -0.15) is 0 Å². The summed E-state index contributed by atoms with van der Waals surface area (Å²) in [4.78, 5) is 32.6. The van der Waals surface area contributed by atoms with E-state index in [9.17, 15) is 9.90 Å². The SMILES string of the molecule is Cc1ccc(Oc2ccc(Nc3ncnc4sc5c(c34)CCN(C(=O)/C=C/CN3CCO[C@@H](CO)C3)C5)cc2C)cn1. The van der Waals surface area contributed by atoms with Crippen molar-refractivity contribution in [3.8, 4) is 11.5 Å². The number of amides is 1. The fourth-order valence-corrected chi connectivity index (χ4v) is 6.50. The molecule has 6 rings (SSSR count). The smallest absolute Gasteiger partial charge is 0.246 e. The number of aliphatic hydroxyl groups excluding tert-OH is 1. The van der Waals surface area contributed by atoms with E-state index < -0.39 is 0 Å². The van der Waals surface area contributed by atoms with Crippen LogP contribution >= 0.6 is 11.3 Å². The highest BCUT2D eigenvalue weighted by molar-refractivity contribution is 7.19. The first-order chi connectivity index (χ1) is 20.5. The zero-order chi connectivity index (χ0) is 29.1. The van der Waals surface area contributed by atoms with Crippen LogP contribution in [0.3, 0.4) is 0 Å². The van der Waals surface area contributed by atoms with Gasteiger partial charge >= 0.3 is 0 Å². The molecule has 1 atom stereocenters. The summed E-state index contributed by atoms with van der Waals surface area (Å²) >= 11 is 1.62. The fraction of sp³-hybridized carbons (Fsp3) is 0.355. The maximum Gasteiger partial charge on any atom is 0.246 e. The van der Waals surface area contributed by atoms with Crippen LogP contribution in [0.1, 0.15) is 21.7 Å². The average molecular weight is 587 g/mol. The Balaban J connectivity index is 1.13. The van der Waals surface area contributed by atoms with Gasteiger partial charge in [-0.25, -0.2) is 9.97 Å². The van der Waals surface area contributed by atoms with Crippen molar-refractivity contribution in [2.45, 2.75) is 32.9 Å². The van der Waals surface area contributed by atoms with Gasteiger partial charge in [0.2, 0.25) is 5.91 Å². The first-order valence-electron chi connectivity index (χ1n) is 14.1. The topological polar surface area (TPSA) is 113 Å². The Morgan fingerprint density at radius 3 is 2.93 bits per heavy atom. The zero-order valence-corrected chi connectivity index (χ0v) is 24.6. The highest BCUT2D eigenvalue weighted by Gasteiger charge is 2.26. The van der Waals surface area contributed by atoms with Gasteiger partial charge in [0.25, 0.3) is 0 Å². The van der Waals surface area contributed by atoms with Gasteiger partial charge in [0, 0.05) is 48.5 Å². The minimum absolute atomic E-state index is 0.00806. The van der Waals surface area contributed by atoms with Crippen LogP contribution in [0.4, 0.5) is 11.5 Å². The minimum Gasteiger partial charge on any atom is -0.455 e. The van der Waals surface area contributed by atoms with Gasteiger partial charge in [-0.1, -0.05) is 6.08 Å². The molecular weight excluding hydrogens is 552 g/mol. The Morgan fingerprint density at radius 1 is 1.21 bits per heavy atom. The lowest BCUT2D eigenvalue weighted by atomic mass is 10.0. The van der Waals surface area contributed by atoms with Crippen LogP contribution in [0.2, 0.25) is 0 Å². The van der Waals surface area contributed by atoms with E-state index in [4.69, 9.17) is 9.47 Å². The lowest BCUT2D eigenvalue weighted by molar-refractivity contribution is -0.126. The van der Waals surface area contributed by atoms with Gasteiger partial charge in [0.1, 0.15) is 28.5 Å².